The van der Waals surface area contributed by atoms with Crippen LogP contribution in [-0.4, -0.2) is 13.7 Å². The van der Waals surface area contributed by atoms with Gasteiger partial charge in [0.2, 0.25) is 0 Å². The minimum absolute atomic E-state index is 0.772. The molecule has 0 heterocycles. The van der Waals surface area contributed by atoms with Crippen LogP contribution in [0.1, 0.15) is 199 Å². The Hall–Kier alpha value is -0.0400. The fourth-order valence-corrected chi connectivity index (χ4v) is 7.06. The lowest BCUT2D eigenvalue weighted by Crippen LogP contribution is -2.36. The third kappa shape index (κ3) is 17.2. The molecular formula is C39H82O. The quantitative estimate of drug-likeness (QED) is 0.239. The molecule has 1 atom stereocenters. The van der Waals surface area contributed by atoms with Crippen molar-refractivity contribution < 1.29 is 4.74 Å². The van der Waals surface area contributed by atoms with Crippen LogP contribution in [0.2, 0.25) is 0 Å². The molecule has 1 heteroatoms. The van der Waals surface area contributed by atoms with E-state index in [1.807, 2.05) is 41.5 Å². The molecule has 0 bridgehead atoms. The molecule has 0 aliphatic heterocycles. The Morgan fingerprint density at radius 2 is 1.23 bits per heavy atom. The highest BCUT2D eigenvalue weighted by Crippen LogP contribution is 2.54. The second kappa shape index (κ2) is 25.5. The van der Waals surface area contributed by atoms with Gasteiger partial charge in [-0.25, -0.2) is 0 Å². The second-order valence-corrected chi connectivity index (χ2v) is 14.1. The van der Waals surface area contributed by atoms with E-state index in [1.54, 1.807) is 32.8 Å². The molecule has 4 aliphatic carbocycles. The van der Waals surface area contributed by atoms with Gasteiger partial charge in [-0.15, -0.1) is 0 Å². The van der Waals surface area contributed by atoms with Crippen LogP contribution in [0.4, 0.5) is 0 Å². The molecule has 4 aliphatic rings. The summed E-state index contributed by atoms with van der Waals surface area (Å²) in [4.78, 5) is 0. The summed E-state index contributed by atoms with van der Waals surface area (Å²) in [5.41, 5.74) is 1.63. The Bertz CT molecular complexity index is 507. The van der Waals surface area contributed by atoms with Crippen LogP contribution >= 0.6 is 0 Å². The van der Waals surface area contributed by atoms with Gasteiger partial charge in [0, 0.05) is 13.7 Å². The van der Waals surface area contributed by atoms with Crippen molar-refractivity contribution in [2.24, 2.45) is 40.4 Å². The molecule has 0 N–H and O–H groups in total. The first-order valence-corrected chi connectivity index (χ1v) is 18.7. The Morgan fingerprint density at radius 3 is 1.62 bits per heavy atom. The highest BCUT2D eigenvalue weighted by Gasteiger charge is 2.41. The average molecular weight is 567 g/mol. The van der Waals surface area contributed by atoms with Gasteiger partial charge in [0.1, 0.15) is 0 Å². The Kier molecular flexibility index (Phi) is 26.8. The van der Waals surface area contributed by atoms with E-state index >= 15 is 0 Å². The van der Waals surface area contributed by atoms with E-state index in [2.05, 4.69) is 41.5 Å². The van der Waals surface area contributed by atoms with Crippen molar-refractivity contribution in [3.05, 3.63) is 0 Å². The highest BCUT2D eigenvalue weighted by atomic mass is 16.5. The van der Waals surface area contributed by atoms with Gasteiger partial charge in [-0.1, -0.05) is 134 Å². The molecule has 40 heavy (non-hydrogen) atoms. The predicted octanol–water partition coefficient (Wildman–Crippen LogP) is 13.9. The Labute approximate surface area is 257 Å². The third-order valence-electron chi connectivity index (χ3n) is 10.5. The minimum Gasteiger partial charge on any atom is -0.385 e. The summed E-state index contributed by atoms with van der Waals surface area (Å²) in [5.74, 6) is 4.87. The van der Waals surface area contributed by atoms with Gasteiger partial charge in [-0.2, -0.15) is 0 Å². The van der Waals surface area contributed by atoms with Crippen molar-refractivity contribution in [2.45, 2.75) is 199 Å². The number of ether oxygens (including phenoxy) is 1. The second-order valence-electron chi connectivity index (χ2n) is 14.1. The maximum Gasteiger partial charge on any atom is 0.0464 e. The molecule has 0 saturated heterocycles. The number of hydrogen-bond acceptors (Lipinski definition) is 1. The van der Waals surface area contributed by atoms with Gasteiger partial charge in [0.05, 0.1) is 0 Å². The third-order valence-corrected chi connectivity index (χ3v) is 10.5. The molecular weight excluding hydrogens is 484 g/mol. The standard InChI is InChI=1S/C12H22.C11H22.C10H20O.3C2H6/c1-10(2)11-5-3-6-12(9-11)7-4-8-12;1-3-4-5-6-8-11(2)9-7-10-11;1-8(2)10-6-9(7-10)4-5-11-3;3*1-2/h10-11H,3-9H2,1-2H3;3-10H2,1-2H3;8-10H,4-7H2,1-3H3;3*1-2H3. The smallest absolute Gasteiger partial charge is 0.0464 e. The van der Waals surface area contributed by atoms with Crippen molar-refractivity contribution in [3.8, 4) is 0 Å². The van der Waals surface area contributed by atoms with E-state index in [-0.39, 0.29) is 0 Å². The largest absolute Gasteiger partial charge is 0.385 e. The van der Waals surface area contributed by atoms with Crippen molar-refractivity contribution >= 4 is 0 Å². The lowest BCUT2D eigenvalue weighted by Gasteiger charge is -2.48. The van der Waals surface area contributed by atoms with E-state index in [1.165, 1.54) is 89.9 Å². The molecule has 4 rings (SSSR count). The number of rotatable bonds is 10. The van der Waals surface area contributed by atoms with Crippen LogP contribution in [0.15, 0.2) is 0 Å². The van der Waals surface area contributed by atoms with Gasteiger partial charge in [-0.05, 0) is 105 Å². The van der Waals surface area contributed by atoms with Crippen LogP contribution in [0, 0.1) is 40.4 Å². The fourth-order valence-electron chi connectivity index (χ4n) is 7.06. The molecule has 244 valence electrons. The fraction of sp³-hybridized carbons (Fsp3) is 1.00. The first kappa shape index (κ1) is 42.1. The SMILES string of the molecule is CC.CC.CC.CC(C)C1CCCC2(CCC2)C1.CCCCCCC1(C)CCC1.COCCC1CC(C(C)C)C1. The molecule has 1 spiro atoms. The molecule has 0 amide bonds. The lowest BCUT2D eigenvalue weighted by molar-refractivity contribution is 0.0325. The molecule has 0 aromatic rings. The zero-order chi connectivity index (χ0) is 31.0. The summed E-state index contributed by atoms with van der Waals surface area (Å²) in [5, 5.41) is 0. The first-order valence-electron chi connectivity index (χ1n) is 18.7. The maximum atomic E-state index is 5.04. The normalized spacial score (nSPS) is 24.8. The molecule has 1 unspecified atom stereocenters. The van der Waals surface area contributed by atoms with E-state index in [0.717, 1.165) is 47.0 Å². The van der Waals surface area contributed by atoms with Gasteiger partial charge in [0.25, 0.3) is 0 Å². The van der Waals surface area contributed by atoms with Crippen molar-refractivity contribution in [1.82, 2.24) is 0 Å². The van der Waals surface area contributed by atoms with Crippen molar-refractivity contribution in [3.63, 3.8) is 0 Å². The summed E-state index contributed by atoms with van der Waals surface area (Å²) in [6.07, 6.45) is 26.7. The van der Waals surface area contributed by atoms with Crippen LogP contribution < -0.4 is 0 Å². The van der Waals surface area contributed by atoms with Crippen molar-refractivity contribution in [2.75, 3.05) is 13.7 Å². The first-order chi connectivity index (χ1) is 19.2. The molecule has 0 aromatic carbocycles. The van der Waals surface area contributed by atoms with E-state index in [4.69, 9.17) is 4.74 Å². The van der Waals surface area contributed by atoms with Gasteiger partial charge in [-0.3, -0.25) is 0 Å². The lowest BCUT2D eigenvalue weighted by atomic mass is 9.57. The van der Waals surface area contributed by atoms with Crippen LogP contribution in [0.5, 0.6) is 0 Å². The molecule has 4 saturated carbocycles. The summed E-state index contributed by atoms with van der Waals surface area (Å²) in [6, 6.07) is 0. The summed E-state index contributed by atoms with van der Waals surface area (Å²) < 4.78 is 5.04. The predicted molar refractivity (Wildman–Crippen MR) is 185 cm³/mol. The summed E-state index contributed by atoms with van der Waals surface area (Å²) >= 11 is 0. The number of unbranched alkanes of at least 4 members (excludes halogenated alkanes) is 3. The number of hydrogen-bond donors (Lipinski definition) is 0. The highest BCUT2D eigenvalue weighted by molar-refractivity contribution is 4.93. The van der Waals surface area contributed by atoms with Gasteiger partial charge >= 0.3 is 0 Å². The Balaban J connectivity index is 0. The maximum absolute atomic E-state index is 5.04. The minimum atomic E-state index is 0.772. The van der Waals surface area contributed by atoms with Gasteiger partial charge in [0.15, 0.2) is 0 Å². The molecule has 1 nitrogen and oxygen atoms in total. The van der Waals surface area contributed by atoms with E-state index in [0.29, 0.717) is 0 Å². The van der Waals surface area contributed by atoms with Gasteiger partial charge < -0.3 is 4.74 Å². The molecule has 0 radical (unpaired) electrons. The van der Waals surface area contributed by atoms with Crippen molar-refractivity contribution in [1.29, 1.82) is 0 Å². The summed E-state index contributed by atoms with van der Waals surface area (Å²) in [7, 11) is 1.79. The summed E-state index contributed by atoms with van der Waals surface area (Å²) in [6.45, 7) is 27.2. The monoisotopic (exact) mass is 567 g/mol. The van der Waals surface area contributed by atoms with E-state index in [9.17, 15) is 0 Å². The molecule has 0 aromatic heterocycles. The number of methoxy groups -OCH3 is 1. The molecule has 4 fully saturated rings. The topological polar surface area (TPSA) is 9.23 Å². The Morgan fingerprint density at radius 1 is 0.700 bits per heavy atom. The van der Waals surface area contributed by atoms with Crippen LogP contribution in [0.25, 0.3) is 0 Å². The van der Waals surface area contributed by atoms with E-state index < -0.39 is 0 Å². The zero-order valence-electron chi connectivity index (χ0n) is 30.7. The average Bonchev–Trinajstić information content (AvgIpc) is 2.92. The zero-order valence-corrected chi connectivity index (χ0v) is 30.7. The van der Waals surface area contributed by atoms with Crippen LogP contribution in [0.3, 0.4) is 0 Å². The van der Waals surface area contributed by atoms with Crippen LogP contribution in [-0.2, 0) is 4.74 Å².